The van der Waals surface area contributed by atoms with Crippen molar-refractivity contribution in [1.82, 2.24) is 24.1 Å². The highest BCUT2D eigenvalue weighted by Crippen LogP contribution is 2.26. The second-order valence-corrected chi connectivity index (χ2v) is 8.55. The number of fused-ring (bicyclic) bond motifs is 3. The number of para-hydroxylation sites is 1. The first kappa shape index (κ1) is 19.0. The number of hydrogen-bond donors (Lipinski definition) is 0. The fourth-order valence-corrected chi connectivity index (χ4v) is 4.75. The molecule has 7 nitrogen and oxygen atoms in total. The molecule has 8 heteroatoms. The standard InChI is InChI=1S/C20H25N5O2S/c1-3-11-24-18(27)15-9-5-6-10-16(15)25-19(24)21-22-20(25)28-14(2)17(26)23-12-7-4-8-13-23/h5-6,9-10,14H,3-4,7-8,11-13H2,1-2H3. The van der Waals surface area contributed by atoms with Gasteiger partial charge in [0.15, 0.2) is 5.16 Å². The third-order valence-electron chi connectivity index (χ3n) is 5.22. The summed E-state index contributed by atoms with van der Waals surface area (Å²) in [4.78, 5) is 27.7. The maximum Gasteiger partial charge on any atom is 0.262 e. The molecule has 0 bridgehead atoms. The van der Waals surface area contributed by atoms with Crippen molar-refractivity contribution in [2.75, 3.05) is 13.1 Å². The van der Waals surface area contributed by atoms with Crippen LogP contribution in [0.4, 0.5) is 0 Å². The number of piperidine rings is 1. The van der Waals surface area contributed by atoms with Crippen LogP contribution < -0.4 is 5.56 Å². The zero-order chi connectivity index (χ0) is 19.7. The zero-order valence-electron chi connectivity index (χ0n) is 16.3. The maximum absolute atomic E-state index is 12.9. The highest BCUT2D eigenvalue weighted by molar-refractivity contribution is 8.00. The molecule has 1 saturated heterocycles. The summed E-state index contributed by atoms with van der Waals surface area (Å²) in [5, 5.41) is 9.68. The zero-order valence-corrected chi connectivity index (χ0v) is 17.1. The van der Waals surface area contributed by atoms with Crippen molar-refractivity contribution in [2.45, 2.75) is 56.5 Å². The molecule has 28 heavy (non-hydrogen) atoms. The van der Waals surface area contributed by atoms with E-state index in [9.17, 15) is 9.59 Å². The van der Waals surface area contributed by atoms with Gasteiger partial charge in [-0.2, -0.15) is 0 Å². The lowest BCUT2D eigenvalue weighted by Gasteiger charge is -2.28. The van der Waals surface area contributed by atoms with Gasteiger partial charge >= 0.3 is 0 Å². The van der Waals surface area contributed by atoms with E-state index in [1.807, 2.05) is 47.4 Å². The highest BCUT2D eigenvalue weighted by Gasteiger charge is 2.25. The van der Waals surface area contributed by atoms with Crippen LogP contribution in [0.5, 0.6) is 0 Å². The summed E-state index contributed by atoms with van der Waals surface area (Å²) in [6, 6.07) is 7.51. The van der Waals surface area contributed by atoms with Crippen molar-refractivity contribution in [1.29, 1.82) is 0 Å². The summed E-state index contributed by atoms with van der Waals surface area (Å²) in [5.41, 5.74) is 0.728. The van der Waals surface area contributed by atoms with E-state index in [4.69, 9.17) is 0 Å². The fourth-order valence-electron chi connectivity index (χ4n) is 3.82. The van der Waals surface area contributed by atoms with E-state index in [0.29, 0.717) is 22.9 Å². The largest absolute Gasteiger partial charge is 0.342 e. The first-order valence-electron chi connectivity index (χ1n) is 9.94. The van der Waals surface area contributed by atoms with Crippen LogP contribution in [0.25, 0.3) is 16.7 Å². The SMILES string of the molecule is CCCn1c(=O)c2ccccc2n2c(SC(C)C(=O)N3CCCCC3)nnc12. The van der Waals surface area contributed by atoms with Gasteiger partial charge in [0, 0.05) is 19.6 Å². The quantitative estimate of drug-likeness (QED) is 0.617. The Morgan fingerprint density at radius 3 is 2.68 bits per heavy atom. The number of carbonyl (C=O) groups excluding carboxylic acids is 1. The van der Waals surface area contributed by atoms with Crippen molar-refractivity contribution in [3.63, 3.8) is 0 Å². The van der Waals surface area contributed by atoms with Crippen molar-refractivity contribution in [3.8, 4) is 0 Å². The summed E-state index contributed by atoms with van der Waals surface area (Å²) < 4.78 is 3.59. The van der Waals surface area contributed by atoms with Gasteiger partial charge in [0.1, 0.15) is 0 Å². The molecule has 0 saturated carbocycles. The smallest absolute Gasteiger partial charge is 0.262 e. The molecule has 4 rings (SSSR count). The molecule has 1 aliphatic heterocycles. The van der Waals surface area contributed by atoms with E-state index in [2.05, 4.69) is 10.2 Å². The molecule has 1 fully saturated rings. The summed E-state index contributed by atoms with van der Waals surface area (Å²) in [6.07, 6.45) is 4.17. The van der Waals surface area contributed by atoms with E-state index in [1.165, 1.54) is 18.2 Å². The van der Waals surface area contributed by atoms with E-state index >= 15 is 0 Å². The number of thioether (sulfide) groups is 1. The predicted octanol–water partition coefficient (Wildman–Crippen LogP) is 2.95. The molecule has 148 valence electrons. The van der Waals surface area contributed by atoms with E-state index in [1.54, 1.807) is 4.57 Å². The summed E-state index contributed by atoms with van der Waals surface area (Å²) in [7, 11) is 0. The molecule has 1 amide bonds. The summed E-state index contributed by atoms with van der Waals surface area (Å²) in [6.45, 7) is 6.21. The first-order chi connectivity index (χ1) is 13.6. The molecule has 0 N–H and O–H groups in total. The van der Waals surface area contributed by atoms with Crippen LogP contribution in [0, 0.1) is 0 Å². The van der Waals surface area contributed by atoms with E-state index in [-0.39, 0.29) is 16.7 Å². The Morgan fingerprint density at radius 2 is 1.93 bits per heavy atom. The Kier molecular flexibility index (Phi) is 5.39. The molecule has 2 aromatic heterocycles. The number of aromatic nitrogens is 4. The van der Waals surface area contributed by atoms with Gasteiger partial charge in [0.25, 0.3) is 5.56 Å². The highest BCUT2D eigenvalue weighted by atomic mass is 32.2. The number of rotatable bonds is 5. The number of amides is 1. The molecule has 1 atom stereocenters. The van der Waals surface area contributed by atoms with Crippen LogP contribution in [-0.2, 0) is 11.3 Å². The summed E-state index contributed by atoms with van der Waals surface area (Å²) >= 11 is 1.41. The molecular weight excluding hydrogens is 374 g/mol. The van der Waals surface area contributed by atoms with Gasteiger partial charge in [0.2, 0.25) is 11.7 Å². The number of carbonyl (C=O) groups is 1. The van der Waals surface area contributed by atoms with Crippen molar-refractivity contribution in [3.05, 3.63) is 34.6 Å². The number of nitrogens with zero attached hydrogens (tertiary/aromatic N) is 5. The van der Waals surface area contributed by atoms with Gasteiger partial charge in [-0.3, -0.25) is 18.6 Å². The fraction of sp³-hybridized carbons (Fsp3) is 0.500. The molecular formula is C20H25N5O2S. The van der Waals surface area contributed by atoms with Gasteiger partial charge in [0.05, 0.1) is 16.2 Å². The number of hydrogen-bond acceptors (Lipinski definition) is 5. The first-order valence-corrected chi connectivity index (χ1v) is 10.8. The number of likely N-dealkylation sites (tertiary alicyclic amines) is 1. The maximum atomic E-state index is 12.9. The lowest BCUT2D eigenvalue weighted by Crippen LogP contribution is -2.40. The molecule has 1 aliphatic rings. The van der Waals surface area contributed by atoms with Crippen molar-refractivity contribution in [2.24, 2.45) is 0 Å². The predicted molar refractivity (Wildman–Crippen MR) is 111 cm³/mol. The Morgan fingerprint density at radius 1 is 1.18 bits per heavy atom. The topological polar surface area (TPSA) is 72.5 Å². The van der Waals surface area contributed by atoms with Gasteiger partial charge < -0.3 is 4.90 Å². The number of aryl methyl sites for hydroxylation is 1. The Hall–Kier alpha value is -2.35. The minimum Gasteiger partial charge on any atom is -0.342 e. The van der Waals surface area contributed by atoms with Crippen LogP contribution >= 0.6 is 11.8 Å². The van der Waals surface area contributed by atoms with Crippen molar-refractivity contribution >= 4 is 34.3 Å². The lowest BCUT2D eigenvalue weighted by molar-refractivity contribution is -0.131. The summed E-state index contributed by atoms with van der Waals surface area (Å²) in [5.74, 6) is 0.679. The molecule has 0 aliphatic carbocycles. The van der Waals surface area contributed by atoms with Crippen LogP contribution in [0.15, 0.2) is 34.2 Å². The molecule has 1 unspecified atom stereocenters. The minimum atomic E-state index is -0.254. The van der Waals surface area contributed by atoms with Gasteiger partial charge in [-0.15, -0.1) is 10.2 Å². The molecule has 1 aromatic carbocycles. The van der Waals surface area contributed by atoms with Crippen LogP contribution in [0.1, 0.15) is 39.5 Å². The molecule has 0 spiro atoms. The third-order valence-corrected chi connectivity index (χ3v) is 6.25. The molecule has 3 aromatic rings. The Labute approximate surface area is 167 Å². The number of benzene rings is 1. The van der Waals surface area contributed by atoms with Crippen LogP contribution in [-0.4, -0.2) is 48.3 Å². The second kappa shape index (κ2) is 7.95. The monoisotopic (exact) mass is 399 g/mol. The van der Waals surface area contributed by atoms with Crippen LogP contribution in [0.2, 0.25) is 0 Å². The van der Waals surface area contributed by atoms with Gasteiger partial charge in [-0.05, 0) is 44.7 Å². The Bertz CT molecular complexity index is 1070. The third kappa shape index (κ3) is 3.30. The normalized spacial score (nSPS) is 16.0. The second-order valence-electron chi connectivity index (χ2n) is 7.24. The van der Waals surface area contributed by atoms with Crippen molar-refractivity contribution < 1.29 is 4.79 Å². The average molecular weight is 400 g/mol. The molecule has 0 radical (unpaired) electrons. The van der Waals surface area contributed by atoms with Crippen LogP contribution in [0.3, 0.4) is 0 Å². The van der Waals surface area contributed by atoms with E-state index < -0.39 is 0 Å². The minimum absolute atomic E-state index is 0.0497. The lowest BCUT2D eigenvalue weighted by atomic mass is 10.1. The van der Waals surface area contributed by atoms with E-state index in [0.717, 1.165) is 37.9 Å². The Balaban J connectivity index is 1.76. The van der Waals surface area contributed by atoms with Gasteiger partial charge in [-0.1, -0.05) is 30.8 Å². The van der Waals surface area contributed by atoms with Gasteiger partial charge in [-0.25, -0.2) is 0 Å². The average Bonchev–Trinajstić information content (AvgIpc) is 3.14. The molecule has 3 heterocycles.